The lowest BCUT2D eigenvalue weighted by molar-refractivity contribution is -0.108. The number of unbranched alkanes of at least 4 members (excludes halogenated alkanes) is 1. The zero-order valence-electron chi connectivity index (χ0n) is 11.4. The van der Waals surface area contributed by atoms with Gasteiger partial charge in [0.15, 0.2) is 0 Å². The van der Waals surface area contributed by atoms with Gasteiger partial charge >= 0.3 is 0 Å². The van der Waals surface area contributed by atoms with Gasteiger partial charge in [-0.3, -0.25) is 0 Å². The molecule has 0 aromatic rings. The fraction of sp³-hybridized carbons (Fsp3) is 0.923. The smallest absolute Gasteiger partial charge is 0.122 e. The summed E-state index contributed by atoms with van der Waals surface area (Å²) in [5.74, 6) is 0. The van der Waals surface area contributed by atoms with Crippen LogP contribution < -0.4 is 0 Å². The molecule has 0 aromatic carbocycles. The third-order valence-corrected chi connectivity index (χ3v) is 2.14. The molecule has 0 atom stereocenters. The molecule has 0 N–H and O–H groups in total. The molecule has 0 aliphatic carbocycles. The number of hydrogen-bond donors (Lipinski definition) is 0. The summed E-state index contributed by atoms with van der Waals surface area (Å²) in [4.78, 5) is 9.99. The topological polar surface area (TPSA) is 54.0 Å². The zero-order valence-corrected chi connectivity index (χ0v) is 11.4. The Morgan fingerprint density at radius 2 is 1.17 bits per heavy atom. The molecule has 0 unspecified atom stereocenters. The second kappa shape index (κ2) is 16.5. The first-order valence-electron chi connectivity index (χ1n) is 6.66. The van der Waals surface area contributed by atoms with Crippen molar-refractivity contribution in [2.75, 3.05) is 52.9 Å². The average molecular weight is 262 g/mol. The lowest BCUT2D eigenvalue weighted by Gasteiger charge is -2.06. The lowest BCUT2D eigenvalue weighted by atomic mass is 10.4. The van der Waals surface area contributed by atoms with Gasteiger partial charge in [-0.05, 0) is 6.42 Å². The third-order valence-electron chi connectivity index (χ3n) is 2.14. The van der Waals surface area contributed by atoms with Crippen LogP contribution in [0, 0.1) is 0 Å². The fourth-order valence-electron chi connectivity index (χ4n) is 1.14. The van der Waals surface area contributed by atoms with Crippen LogP contribution in [-0.2, 0) is 23.7 Å². The van der Waals surface area contributed by atoms with E-state index in [-0.39, 0.29) is 0 Å². The van der Waals surface area contributed by atoms with Crippen molar-refractivity contribution in [2.45, 2.75) is 26.2 Å². The molecule has 0 bridgehead atoms. The molecule has 0 aliphatic heterocycles. The summed E-state index contributed by atoms with van der Waals surface area (Å²) < 4.78 is 21.1. The van der Waals surface area contributed by atoms with E-state index in [2.05, 4.69) is 6.92 Å². The number of hydrogen-bond acceptors (Lipinski definition) is 5. The molecule has 0 radical (unpaired) electrons. The predicted octanol–water partition coefficient (Wildman–Crippen LogP) is 1.44. The molecule has 0 rings (SSSR count). The first-order valence-corrected chi connectivity index (χ1v) is 6.66. The summed E-state index contributed by atoms with van der Waals surface area (Å²) in [6.45, 7) is 6.88. The zero-order chi connectivity index (χ0) is 13.3. The highest BCUT2D eigenvalue weighted by atomic mass is 16.6. The maximum atomic E-state index is 9.99. The van der Waals surface area contributed by atoms with Gasteiger partial charge in [0.25, 0.3) is 0 Å². The first kappa shape index (κ1) is 17.5. The molecule has 18 heavy (non-hydrogen) atoms. The minimum Gasteiger partial charge on any atom is -0.379 e. The summed E-state index contributed by atoms with van der Waals surface area (Å²) in [5, 5.41) is 0. The molecule has 5 heteroatoms. The molecule has 108 valence electrons. The molecule has 0 aromatic heterocycles. The molecule has 0 amide bonds. The minimum absolute atomic E-state index is 0.446. The van der Waals surface area contributed by atoms with E-state index in [0.717, 1.165) is 25.7 Å². The molecule has 0 aliphatic rings. The first-order chi connectivity index (χ1) is 8.91. The monoisotopic (exact) mass is 262 g/mol. The van der Waals surface area contributed by atoms with Gasteiger partial charge in [-0.2, -0.15) is 0 Å². The maximum absolute atomic E-state index is 9.99. The van der Waals surface area contributed by atoms with Crippen molar-refractivity contribution in [1.29, 1.82) is 0 Å². The van der Waals surface area contributed by atoms with Crippen LogP contribution in [0.3, 0.4) is 0 Å². The van der Waals surface area contributed by atoms with E-state index in [0.29, 0.717) is 52.7 Å². The van der Waals surface area contributed by atoms with Gasteiger partial charge in [-0.15, -0.1) is 0 Å². The van der Waals surface area contributed by atoms with Crippen molar-refractivity contribution in [3.63, 3.8) is 0 Å². The average Bonchev–Trinajstić information content (AvgIpc) is 2.39. The lowest BCUT2D eigenvalue weighted by Crippen LogP contribution is -2.12. The van der Waals surface area contributed by atoms with E-state index in [1.165, 1.54) is 0 Å². The largest absolute Gasteiger partial charge is 0.379 e. The fourth-order valence-corrected chi connectivity index (χ4v) is 1.14. The van der Waals surface area contributed by atoms with Crippen LogP contribution in [0.5, 0.6) is 0 Å². The summed E-state index contributed by atoms with van der Waals surface area (Å²) in [6.07, 6.45) is 3.55. The highest BCUT2D eigenvalue weighted by Crippen LogP contribution is 1.88. The van der Waals surface area contributed by atoms with Crippen molar-refractivity contribution in [1.82, 2.24) is 0 Å². The van der Waals surface area contributed by atoms with E-state index in [1.54, 1.807) is 0 Å². The Balaban J connectivity index is 2.88. The highest BCUT2D eigenvalue weighted by molar-refractivity contribution is 5.49. The molecular formula is C13H26O5. The van der Waals surface area contributed by atoms with E-state index >= 15 is 0 Å². The van der Waals surface area contributed by atoms with Crippen LogP contribution in [-0.4, -0.2) is 59.1 Å². The summed E-state index contributed by atoms with van der Waals surface area (Å²) >= 11 is 0. The predicted molar refractivity (Wildman–Crippen MR) is 68.9 cm³/mol. The van der Waals surface area contributed by atoms with Gasteiger partial charge in [0, 0.05) is 13.0 Å². The van der Waals surface area contributed by atoms with E-state index in [4.69, 9.17) is 18.9 Å². The van der Waals surface area contributed by atoms with E-state index < -0.39 is 0 Å². The van der Waals surface area contributed by atoms with Crippen molar-refractivity contribution in [3.05, 3.63) is 0 Å². The maximum Gasteiger partial charge on any atom is 0.122 e. The normalized spacial score (nSPS) is 10.7. The van der Waals surface area contributed by atoms with Gasteiger partial charge in [-0.25, -0.2) is 0 Å². The number of carbonyl (C=O) groups is 1. The quantitative estimate of drug-likeness (QED) is 0.330. The van der Waals surface area contributed by atoms with Gasteiger partial charge in [0.1, 0.15) is 6.29 Å². The number of aldehydes is 1. The molecule has 5 nitrogen and oxygen atoms in total. The minimum atomic E-state index is 0.446. The molecule has 0 heterocycles. The van der Waals surface area contributed by atoms with E-state index in [9.17, 15) is 4.79 Å². The molecule has 0 fully saturated rings. The van der Waals surface area contributed by atoms with Gasteiger partial charge < -0.3 is 23.7 Å². The van der Waals surface area contributed by atoms with Crippen LogP contribution in [0.4, 0.5) is 0 Å². The summed E-state index contributed by atoms with van der Waals surface area (Å²) in [5.41, 5.74) is 0. The second-order valence-corrected chi connectivity index (χ2v) is 3.76. The SMILES string of the molecule is CCCCOCCOCCOCCOCCC=O. The van der Waals surface area contributed by atoms with E-state index in [1.807, 2.05) is 0 Å². The van der Waals surface area contributed by atoms with Crippen LogP contribution in [0.2, 0.25) is 0 Å². The molecule has 0 saturated heterocycles. The Kier molecular flexibility index (Phi) is 16.1. The Labute approximate surface area is 110 Å². The number of ether oxygens (including phenoxy) is 4. The van der Waals surface area contributed by atoms with Gasteiger partial charge in [-0.1, -0.05) is 13.3 Å². The van der Waals surface area contributed by atoms with Crippen LogP contribution in [0.15, 0.2) is 0 Å². The Hall–Kier alpha value is -0.490. The van der Waals surface area contributed by atoms with Crippen LogP contribution in [0.25, 0.3) is 0 Å². The standard InChI is InChI=1S/C13H26O5/c1-2-3-6-15-8-10-17-12-13-18-11-9-16-7-4-5-14/h5H,2-4,6-13H2,1H3. The van der Waals surface area contributed by atoms with Gasteiger partial charge in [0.2, 0.25) is 0 Å². The Morgan fingerprint density at radius 1 is 0.722 bits per heavy atom. The van der Waals surface area contributed by atoms with Crippen LogP contribution >= 0.6 is 0 Å². The molecular weight excluding hydrogens is 236 g/mol. The third kappa shape index (κ3) is 15.5. The van der Waals surface area contributed by atoms with Crippen molar-refractivity contribution in [3.8, 4) is 0 Å². The second-order valence-electron chi connectivity index (χ2n) is 3.76. The summed E-state index contributed by atoms with van der Waals surface area (Å²) in [7, 11) is 0. The van der Waals surface area contributed by atoms with Gasteiger partial charge in [0.05, 0.1) is 46.2 Å². The molecule has 0 spiro atoms. The Morgan fingerprint density at radius 3 is 1.61 bits per heavy atom. The summed E-state index contributed by atoms with van der Waals surface area (Å²) in [6, 6.07) is 0. The van der Waals surface area contributed by atoms with Crippen LogP contribution in [0.1, 0.15) is 26.2 Å². The Bertz CT molecular complexity index is 163. The van der Waals surface area contributed by atoms with Crippen molar-refractivity contribution >= 4 is 6.29 Å². The van der Waals surface area contributed by atoms with Crippen molar-refractivity contribution in [2.24, 2.45) is 0 Å². The number of carbonyl (C=O) groups excluding carboxylic acids is 1. The highest BCUT2D eigenvalue weighted by Gasteiger charge is 1.92. The molecule has 0 saturated carbocycles. The number of rotatable bonds is 15. The van der Waals surface area contributed by atoms with Crippen molar-refractivity contribution < 1.29 is 23.7 Å².